The van der Waals surface area contributed by atoms with Crippen LogP contribution in [0.1, 0.15) is 28.1 Å². The Labute approximate surface area is 172 Å². The summed E-state index contributed by atoms with van der Waals surface area (Å²) >= 11 is 7.15. The van der Waals surface area contributed by atoms with Gasteiger partial charge in [-0.05, 0) is 49.2 Å². The van der Waals surface area contributed by atoms with Crippen molar-refractivity contribution < 1.29 is 4.79 Å². The number of carbonyl (C=O) groups is 1. The van der Waals surface area contributed by atoms with Gasteiger partial charge in [0.2, 0.25) is 0 Å². The Morgan fingerprint density at radius 1 is 1.18 bits per heavy atom. The predicted molar refractivity (Wildman–Crippen MR) is 113 cm³/mol. The molecular formula is C19H21ClN6OS. The molecule has 7 nitrogen and oxygen atoms in total. The van der Waals surface area contributed by atoms with E-state index in [1.807, 2.05) is 35.5 Å². The number of benzene rings is 1. The highest BCUT2D eigenvalue weighted by Crippen LogP contribution is 2.23. The third-order valence-corrected chi connectivity index (χ3v) is 5.98. The number of amidine groups is 1. The van der Waals surface area contributed by atoms with E-state index in [0.717, 1.165) is 42.9 Å². The number of amides is 1. The number of likely N-dealkylation sites (tertiary alicyclic amines) is 1. The second kappa shape index (κ2) is 8.22. The van der Waals surface area contributed by atoms with Crippen LogP contribution in [0.2, 0.25) is 4.34 Å². The van der Waals surface area contributed by atoms with Crippen LogP contribution in [-0.4, -0.2) is 36.3 Å². The number of halogens is 1. The highest BCUT2D eigenvalue weighted by Gasteiger charge is 2.20. The first-order valence-electron chi connectivity index (χ1n) is 9.09. The van der Waals surface area contributed by atoms with Crippen LogP contribution in [0.15, 0.2) is 48.3 Å². The van der Waals surface area contributed by atoms with Crippen molar-refractivity contribution in [2.45, 2.75) is 12.8 Å². The number of thiophene rings is 1. The maximum Gasteiger partial charge on any atom is 0.261 e. The van der Waals surface area contributed by atoms with Gasteiger partial charge in [0, 0.05) is 24.9 Å². The van der Waals surface area contributed by atoms with E-state index >= 15 is 0 Å². The topological polar surface area (TPSA) is 83.5 Å². The summed E-state index contributed by atoms with van der Waals surface area (Å²) in [5.41, 5.74) is 8.72. The largest absolute Gasteiger partial charge is 0.357 e. The van der Waals surface area contributed by atoms with Crippen molar-refractivity contribution in [3.8, 4) is 0 Å². The average molecular weight is 417 g/mol. The minimum atomic E-state index is -0.154. The van der Waals surface area contributed by atoms with Gasteiger partial charge in [0.05, 0.1) is 27.1 Å². The van der Waals surface area contributed by atoms with Crippen molar-refractivity contribution in [3.05, 3.63) is 63.1 Å². The maximum absolute atomic E-state index is 12.2. The zero-order valence-electron chi connectivity index (χ0n) is 15.2. The predicted octanol–water partition coefficient (Wildman–Crippen LogP) is 2.92. The molecule has 9 heteroatoms. The van der Waals surface area contributed by atoms with Gasteiger partial charge in [-0.2, -0.15) is 0 Å². The summed E-state index contributed by atoms with van der Waals surface area (Å²) in [6.45, 7) is 2.28. The molecule has 2 aromatic rings. The number of hydrazine groups is 2. The normalized spacial score (nSPS) is 16.1. The number of nitrogens with zero attached hydrogens (tertiary/aromatic N) is 2. The Balaban J connectivity index is 1.38. The van der Waals surface area contributed by atoms with Crippen molar-refractivity contribution in [1.29, 1.82) is 5.41 Å². The Hall–Kier alpha value is -2.55. The highest BCUT2D eigenvalue weighted by molar-refractivity contribution is 7.18. The van der Waals surface area contributed by atoms with E-state index in [2.05, 4.69) is 21.2 Å². The fourth-order valence-electron chi connectivity index (χ4n) is 3.26. The SMILES string of the molecule is N=C(c1ccc(N2NNC=C2CNC(=O)c2ccc(Cl)s2)cc1)N1CCCC1. The van der Waals surface area contributed by atoms with E-state index in [4.69, 9.17) is 17.0 Å². The van der Waals surface area contributed by atoms with Gasteiger partial charge in [-0.1, -0.05) is 11.6 Å². The fourth-order valence-corrected chi connectivity index (χ4v) is 4.22. The maximum atomic E-state index is 12.2. The first-order chi connectivity index (χ1) is 13.6. The number of hydrogen-bond donors (Lipinski definition) is 4. The van der Waals surface area contributed by atoms with Crippen molar-refractivity contribution in [1.82, 2.24) is 21.2 Å². The van der Waals surface area contributed by atoms with Gasteiger partial charge in [-0.3, -0.25) is 15.2 Å². The molecule has 1 amide bonds. The number of nitrogens with one attached hydrogen (secondary N) is 4. The van der Waals surface area contributed by atoms with Crippen LogP contribution < -0.4 is 21.3 Å². The molecule has 1 saturated heterocycles. The third-order valence-electron chi connectivity index (χ3n) is 4.75. The minimum absolute atomic E-state index is 0.154. The molecule has 2 aliphatic heterocycles. The summed E-state index contributed by atoms with van der Waals surface area (Å²) < 4.78 is 0.592. The second-order valence-corrected chi connectivity index (χ2v) is 8.32. The van der Waals surface area contributed by atoms with Crippen LogP contribution in [0.5, 0.6) is 0 Å². The van der Waals surface area contributed by atoms with Gasteiger partial charge in [0.1, 0.15) is 5.84 Å². The number of carbonyl (C=O) groups excluding carboxylic acids is 1. The van der Waals surface area contributed by atoms with Crippen molar-refractivity contribution in [2.75, 3.05) is 24.6 Å². The molecule has 1 aromatic carbocycles. The molecule has 4 N–H and O–H groups in total. The van der Waals surface area contributed by atoms with Gasteiger partial charge in [-0.25, -0.2) is 0 Å². The van der Waals surface area contributed by atoms with E-state index in [1.54, 1.807) is 12.1 Å². The standard InChI is InChI=1S/C19H21ClN6OS/c20-17-8-7-16(28-17)19(27)22-11-15-12-23-24-26(15)14-5-3-13(4-6-14)18(21)25-9-1-2-10-25/h3-8,12,21,23-24H,1-2,9-11H2,(H,22,27). The summed E-state index contributed by atoms with van der Waals surface area (Å²) in [4.78, 5) is 14.9. The summed E-state index contributed by atoms with van der Waals surface area (Å²) in [6.07, 6.45) is 4.12. The zero-order chi connectivity index (χ0) is 19.5. The quantitative estimate of drug-likeness (QED) is 0.445. The van der Waals surface area contributed by atoms with Crippen molar-refractivity contribution >= 4 is 40.4 Å². The second-order valence-electron chi connectivity index (χ2n) is 6.60. The van der Waals surface area contributed by atoms with Gasteiger partial charge in [-0.15, -0.1) is 16.9 Å². The summed E-state index contributed by atoms with van der Waals surface area (Å²) in [6, 6.07) is 11.3. The molecule has 0 bridgehead atoms. The van der Waals surface area contributed by atoms with E-state index in [9.17, 15) is 4.79 Å². The van der Waals surface area contributed by atoms with E-state index in [-0.39, 0.29) is 5.91 Å². The Bertz CT molecular complexity index is 903. The molecule has 0 radical (unpaired) electrons. The molecular weight excluding hydrogens is 396 g/mol. The molecule has 0 atom stereocenters. The van der Waals surface area contributed by atoms with Crippen LogP contribution in [0.25, 0.3) is 0 Å². The lowest BCUT2D eigenvalue weighted by Crippen LogP contribution is -2.40. The summed E-state index contributed by atoms with van der Waals surface area (Å²) in [5, 5.41) is 13.1. The van der Waals surface area contributed by atoms with Gasteiger partial charge < -0.3 is 15.6 Å². The van der Waals surface area contributed by atoms with E-state index in [0.29, 0.717) is 21.6 Å². The number of rotatable bonds is 5. The molecule has 0 unspecified atom stereocenters. The van der Waals surface area contributed by atoms with Crippen LogP contribution in [-0.2, 0) is 0 Å². The molecule has 2 aliphatic rings. The van der Waals surface area contributed by atoms with Crippen molar-refractivity contribution in [3.63, 3.8) is 0 Å². The Morgan fingerprint density at radius 2 is 1.93 bits per heavy atom. The highest BCUT2D eigenvalue weighted by atomic mass is 35.5. The van der Waals surface area contributed by atoms with Gasteiger partial charge in [0.15, 0.2) is 0 Å². The number of anilines is 1. The van der Waals surface area contributed by atoms with Crippen LogP contribution in [0, 0.1) is 5.41 Å². The molecule has 28 heavy (non-hydrogen) atoms. The van der Waals surface area contributed by atoms with E-state index in [1.165, 1.54) is 11.3 Å². The first-order valence-corrected chi connectivity index (χ1v) is 10.3. The monoisotopic (exact) mass is 416 g/mol. The minimum Gasteiger partial charge on any atom is -0.357 e. The van der Waals surface area contributed by atoms with Crippen molar-refractivity contribution in [2.24, 2.45) is 0 Å². The van der Waals surface area contributed by atoms with E-state index < -0.39 is 0 Å². The van der Waals surface area contributed by atoms with Gasteiger partial charge in [0.25, 0.3) is 5.91 Å². The summed E-state index contributed by atoms with van der Waals surface area (Å²) in [5.74, 6) is 0.424. The lowest BCUT2D eigenvalue weighted by atomic mass is 10.1. The Kier molecular flexibility index (Phi) is 5.52. The van der Waals surface area contributed by atoms with Crippen LogP contribution in [0.4, 0.5) is 5.69 Å². The lowest BCUT2D eigenvalue weighted by molar-refractivity contribution is 0.0961. The molecule has 146 valence electrons. The molecule has 3 heterocycles. The van der Waals surface area contributed by atoms with Gasteiger partial charge >= 0.3 is 0 Å². The number of hydrogen-bond acceptors (Lipinski definition) is 6. The first kappa shape index (κ1) is 18.8. The molecule has 0 aliphatic carbocycles. The lowest BCUT2D eigenvalue weighted by Gasteiger charge is -2.23. The molecule has 0 spiro atoms. The molecule has 0 saturated carbocycles. The van der Waals surface area contributed by atoms with Crippen LogP contribution in [0.3, 0.4) is 0 Å². The third kappa shape index (κ3) is 3.99. The van der Waals surface area contributed by atoms with Crippen LogP contribution >= 0.6 is 22.9 Å². The zero-order valence-corrected chi connectivity index (χ0v) is 16.7. The molecule has 1 fully saturated rings. The average Bonchev–Trinajstić information content (AvgIpc) is 3.47. The Morgan fingerprint density at radius 3 is 2.61 bits per heavy atom. The molecule has 1 aromatic heterocycles. The smallest absolute Gasteiger partial charge is 0.261 e. The fraction of sp³-hybridized carbons (Fsp3) is 0.263. The summed E-state index contributed by atoms with van der Waals surface area (Å²) in [7, 11) is 0. The molecule has 4 rings (SSSR count).